The molecule has 0 amide bonds. The molecule has 0 fully saturated rings. The number of alkyl halides is 2. The first kappa shape index (κ1) is 15.3. The fourth-order valence-corrected chi connectivity index (χ4v) is 1.81. The Labute approximate surface area is 96.4 Å². The first-order valence-electron chi connectivity index (χ1n) is 5.95. The highest BCUT2D eigenvalue weighted by Gasteiger charge is 2.13. The Bertz CT molecular complexity index is 184. The van der Waals surface area contributed by atoms with Gasteiger partial charge in [-0.2, -0.15) is 0 Å². The van der Waals surface area contributed by atoms with Gasteiger partial charge in [0.1, 0.15) is 0 Å². The van der Waals surface area contributed by atoms with Crippen molar-refractivity contribution in [3.63, 3.8) is 0 Å². The minimum atomic E-state index is -2.20. The molecule has 0 radical (unpaired) electrons. The van der Waals surface area contributed by atoms with Gasteiger partial charge in [-0.1, -0.05) is 26.2 Å². The van der Waals surface area contributed by atoms with Gasteiger partial charge in [-0.25, -0.2) is 8.78 Å². The zero-order chi connectivity index (χ0) is 12.4. The average Bonchev–Trinajstić information content (AvgIpc) is 2.24. The van der Waals surface area contributed by atoms with Crippen LogP contribution in [0.15, 0.2) is 0 Å². The van der Waals surface area contributed by atoms with Crippen molar-refractivity contribution in [3.8, 4) is 0 Å². The normalized spacial score (nSPS) is 12.8. The number of ether oxygens (including phenoxy) is 1. The Morgan fingerprint density at radius 1 is 1.19 bits per heavy atom. The predicted octanol–water partition coefficient (Wildman–Crippen LogP) is 3.79. The largest absolute Gasteiger partial charge is 0.469 e. The fourth-order valence-electron chi connectivity index (χ4n) is 1.81. The summed E-state index contributed by atoms with van der Waals surface area (Å²) in [6.45, 7) is 2.06. The topological polar surface area (TPSA) is 26.3 Å². The van der Waals surface area contributed by atoms with Crippen molar-refractivity contribution in [2.24, 2.45) is 5.92 Å². The molecular weight excluding hydrogens is 214 g/mol. The van der Waals surface area contributed by atoms with Gasteiger partial charge in [0.05, 0.1) is 7.11 Å². The molecule has 0 saturated heterocycles. The Morgan fingerprint density at radius 2 is 1.81 bits per heavy atom. The molecule has 0 N–H and O–H groups in total. The maximum atomic E-state index is 11.9. The number of methoxy groups -OCH3 is 1. The summed E-state index contributed by atoms with van der Waals surface area (Å²) in [5.74, 6) is 0.0856. The minimum Gasteiger partial charge on any atom is -0.469 e. The summed E-state index contributed by atoms with van der Waals surface area (Å²) in [6.07, 6.45) is 2.31. The van der Waals surface area contributed by atoms with Crippen LogP contribution in [0.5, 0.6) is 0 Å². The van der Waals surface area contributed by atoms with E-state index in [1.54, 1.807) is 0 Å². The van der Waals surface area contributed by atoms with E-state index in [1.165, 1.54) is 7.11 Å². The fraction of sp³-hybridized carbons (Fsp3) is 0.917. The molecule has 0 spiro atoms. The molecule has 0 aliphatic carbocycles. The van der Waals surface area contributed by atoms with E-state index in [1.807, 2.05) is 0 Å². The second kappa shape index (κ2) is 9.55. The van der Waals surface area contributed by atoms with Crippen LogP contribution in [0, 0.1) is 5.92 Å². The lowest BCUT2D eigenvalue weighted by atomic mass is 9.93. The highest BCUT2D eigenvalue weighted by molar-refractivity contribution is 5.69. The van der Waals surface area contributed by atoms with Crippen LogP contribution in [0.1, 0.15) is 51.9 Å². The number of hydrogen-bond acceptors (Lipinski definition) is 2. The smallest absolute Gasteiger partial charge is 0.305 e. The lowest BCUT2D eigenvalue weighted by Gasteiger charge is -2.14. The second-order valence-electron chi connectivity index (χ2n) is 4.11. The van der Waals surface area contributed by atoms with Crippen molar-refractivity contribution in [3.05, 3.63) is 0 Å². The summed E-state index contributed by atoms with van der Waals surface area (Å²) >= 11 is 0. The highest BCUT2D eigenvalue weighted by atomic mass is 19.3. The molecule has 0 aromatic rings. The predicted molar refractivity (Wildman–Crippen MR) is 59.5 cm³/mol. The van der Waals surface area contributed by atoms with E-state index in [4.69, 9.17) is 0 Å². The van der Waals surface area contributed by atoms with Gasteiger partial charge in [-0.05, 0) is 18.8 Å². The third kappa shape index (κ3) is 8.62. The maximum Gasteiger partial charge on any atom is 0.305 e. The summed E-state index contributed by atoms with van der Waals surface area (Å²) in [6, 6.07) is 0. The van der Waals surface area contributed by atoms with E-state index in [2.05, 4.69) is 11.7 Å². The van der Waals surface area contributed by atoms with Crippen LogP contribution in [-0.4, -0.2) is 19.5 Å². The molecule has 1 atom stereocenters. The van der Waals surface area contributed by atoms with Crippen molar-refractivity contribution in [2.45, 2.75) is 58.3 Å². The molecule has 0 aliphatic heterocycles. The summed E-state index contributed by atoms with van der Waals surface area (Å²) in [4.78, 5) is 11.1. The van der Waals surface area contributed by atoms with Gasteiger partial charge in [-0.3, -0.25) is 4.79 Å². The summed E-state index contributed by atoms with van der Waals surface area (Å²) < 4.78 is 28.4. The van der Waals surface area contributed by atoms with Crippen molar-refractivity contribution in [2.75, 3.05) is 7.11 Å². The molecular formula is C12H22F2O2. The van der Waals surface area contributed by atoms with Crippen LogP contribution in [0.25, 0.3) is 0 Å². The zero-order valence-corrected chi connectivity index (χ0v) is 10.2. The first-order chi connectivity index (χ1) is 7.60. The Balaban J connectivity index is 3.71. The van der Waals surface area contributed by atoms with E-state index in [0.717, 1.165) is 25.7 Å². The van der Waals surface area contributed by atoms with E-state index >= 15 is 0 Å². The number of carbonyl (C=O) groups is 1. The van der Waals surface area contributed by atoms with Crippen LogP contribution in [0.4, 0.5) is 8.78 Å². The van der Waals surface area contributed by atoms with Gasteiger partial charge in [0.15, 0.2) is 0 Å². The Kier molecular flexibility index (Phi) is 9.15. The highest BCUT2D eigenvalue weighted by Crippen LogP contribution is 2.20. The molecule has 16 heavy (non-hydrogen) atoms. The lowest BCUT2D eigenvalue weighted by molar-refractivity contribution is -0.141. The maximum absolute atomic E-state index is 11.9. The van der Waals surface area contributed by atoms with Crippen LogP contribution in [0.3, 0.4) is 0 Å². The Morgan fingerprint density at radius 3 is 2.31 bits per heavy atom. The average molecular weight is 236 g/mol. The molecule has 0 aliphatic rings. The number of rotatable bonds is 9. The number of unbranched alkanes of at least 4 members (excludes halogenated alkanes) is 1. The molecule has 0 heterocycles. The van der Waals surface area contributed by atoms with Crippen molar-refractivity contribution < 1.29 is 18.3 Å². The molecule has 0 rings (SSSR count). The van der Waals surface area contributed by atoms with Crippen molar-refractivity contribution in [1.29, 1.82) is 0 Å². The van der Waals surface area contributed by atoms with Crippen LogP contribution >= 0.6 is 0 Å². The van der Waals surface area contributed by atoms with Crippen LogP contribution in [0.2, 0.25) is 0 Å². The van der Waals surface area contributed by atoms with Crippen molar-refractivity contribution in [1.82, 2.24) is 0 Å². The third-order valence-corrected chi connectivity index (χ3v) is 2.66. The van der Waals surface area contributed by atoms with Gasteiger partial charge in [0, 0.05) is 12.8 Å². The van der Waals surface area contributed by atoms with E-state index in [0.29, 0.717) is 12.8 Å². The molecule has 0 aromatic carbocycles. The first-order valence-corrected chi connectivity index (χ1v) is 5.95. The van der Waals surface area contributed by atoms with Gasteiger partial charge in [0.2, 0.25) is 6.43 Å². The number of hydrogen-bond donors (Lipinski definition) is 0. The summed E-state index contributed by atoms with van der Waals surface area (Å²) in [5, 5.41) is 0. The van der Waals surface area contributed by atoms with Gasteiger partial charge < -0.3 is 4.74 Å². The molecule has 1 unspecified atom stereocenters. The van der Waals surface area contributed by atoms with E-state index < -0.39 is 6.43 Å². The van der Waals surface area contributed by atoms with Crippen molar-refractivity contribution >= 4 is 5.97 Å². The minimum absolute atomic E-state index is 0.0307. The summed E-state index contributed by atoms with van der Waals surface area (Å²) in [5.41, 5.74) is 0. The molecule has 0 bridgehead atoms. The van der Waals surface area contributed by atoms with Crippen LogP contribution in [-0.2, 0) is 9.53 Å². The third-order valence-electron chi connectivity index (χ3n) is 2.66. The standard InChI is InChI=1S/C12H22F2O2/c1-3-6-10(9-12(15)16-2)7-4-5-8-11(13)14/h10-11H,3-9H2,1-2H3. The summed E-state index contributed by atoms with van der Waals surface area (Å²) in [7, 11) is 1.38. The van der Waals surface area contributed by atoms with Gasteiger partial charge >= 0.3 is 5.97 Å². The molecule has 96 valence electrons. The lowest BCUT2D eigenvalue weighted by Crippen LogP contribution is -2.10. The Hall–Kier alpha value is -0.670. The second-order valence-corrected chi connectivity index (χ2v) is 4.11. The monoisotopic (exact) mass is 236 g/mol. The van der Waals surface area contributed by atoms with Gasteiger partial charge in [-0.15, -0.1) is 0 Å². The molecule has 4 heteroatoms. The van der Waals surface area contributed by atoms with Gasteiger partial charge in [0.25, 0.3) is 0 Å². The molecule has 0 aromatic heterocycles. The van der Waals surface area contributed by atoms with Crippen LogP contribution < -0.4 is 0 Å². The van der Waals surface area contributed by atoms with E-state index in [9.17, 15) is 13.6 Å². The molecule has 0 saturated carbocycles. The number of esters is 1. The zero-order valence-electron chi connectivity index (χ0n) is 10.2. The molecule has 2 nitrogen and oxygen atoms in total. The number of halogens is 2. The SMILES string of the molecule is CCCC(CCCCC(F)F)CC(=O)OC. The van der Waals surface area contributed by atoms with E-state index in [-0.39, 0.29) is 18.3 Å². The quantitative estimate of drug-likeness (QED) is 0.449. The number of carbonyl (C=O) groups excluding carboxylic acids is 1.